The maximum Gasteiger partial charge on any atom is 0.186 e. The maximum atomic E-state index is 11.3. The molecule has 0 aromatic heterocycles. The summed E-state index contributed by atoms with van der Waals surface area (Å²) in [4.78, 5) is 0. The fourth-order valence-corrected chi connectivity index (χ4v) is 6.00. The summed E-state index contributed by atoms with van der Waals surface area (Å²) < 4.78 is 11.9. The van der Waals surface area contributed by atoms with Crippen molar-refractivity contribution in [1.82, 2.24) is 0 Å². The molecule has 2 saturated carbocycles. The number of aliphatic hydroxyl groups excluding tert-OH is 5. The quantitative estimate of drug-likeness (QED) is 0.368. The first kappa shape index (κ1) is 23.3. The molecule has 1 heterocycles. The number of hydrogen-bond donors (Lipinski definition) is 6. The van der Waals surface area contributed by atoms with Crippen molar-refractivity contribution in [2.45, 2.75) is 102 Å². The van der Waals surface area contributed by atoms with Crippen LogP contribution in [-0.4, -0.2) is 85.8 Å². The summed E-state index contributed by atoms with van der Waals surface area (Å²) in [5.74, 6) is -0.117. The van der Waals surface area contributed by atoms with Crippen molar-refractivity contribution >= 4 is 0 Å². The van der Waals surface area contributed by atoms with Crippen molar-refractivity contribution in [3.05, 3.63) is 0 Å². The Morgan fingerprint density at radius 2 is 1.66 bits per heavy atom. The lowest BCUT2D eigenvalue weighted by Crippen LogP contribution is -2.66. The van der Waals surface area contributed by atoms with Gasteiger partial charge in [-0.05, 0) is 44.4 Å². The molecule has 0 bridgehead atoms. The third-order valence-corrected chi connectivity index (χ3v) is 7.83. The highest BCUT2D eigenvalue weighted by Crippen LogP contribution is 2.57. The van der Waals surface area contributed by atoms with Crippen LogP contribution < -0.4 is 0 Å². The van der Waals surface area contributed by atoms with Crippen molar-refractivity contribution in [3.8, 4) is 0 Å². The molecule has 3 fully saturated rings. The first-order valence-corrected chi connectivity index (χ1v) is 10.8. The summed E-state index contributed by atoms with van der Waals surface area (Å²) >= 11 is 0. The van der Waals surface area contributed by atoms with Gasteiger partial charge < -0.3 is 40.1 Å². The minimum absolute atomic E-state index is 0.0530. The summed E-state index contributed by atoms with van der Waals surface area (Å²) in [5, 5.41) is 62.2. The Morgan fingerprint density at radius 3 is 2.24 bits per heavy atom. The summed E-state index contributed by atoms with van der Waals surface area (Å²) in [6, 6.07) is 0. The van der Waals surface area contributed by atoms with Gasteiger partial charge in [-0.15, -0.1) is 0 Å². The van der Waals surface area contributed by atoms with Crippen LogP contribution in [0.3, 0.4) is 0 Å². The summed E-state index contributed by atoms with van der Waals surface area (Å²) in [7, 11) is 0. The Labute approximate surface area is 172 Å². The molecule has 0 aromatic carbocycles. The molecule has 0 amide bonds. The van der Waals surface area contributed by atoms with Crippen molar-refractivity contribution < 1.29 is 40.1 Å². The van der Waals surface area contributed by atoms with Gasteiger partial charge in [0.25, 0.3) is 0 Å². The van der Waals surface area contributed by atoms with Gasteiger partial charge in [0.05, 0.1) is 24.4 Å². The third-order valence-electron chi connectivity index (χ3n) is 7.83. The molecular formula is C21H38O8. The van der Waals surface area contributed by atoms with Crippen LogP contribution in [0.2, 0.25) is 0 Å². The molecule has 29 heavy (non-hydrogen) atoms. The predicted molar refractivity (Wildman–Crippen MR) is 104 cm³/mol. The van der Waals surface area contributed by atoms with Gasteiger partial charge >= 0.3 is 0 Å². The Kier molecular flexibility index (Phi) is 6.69. The third kappa shape index (κ3) is 3.99. The molecule has 0 spiro atoms. The fraction of sp³-hybridized carbons (Fsp3) is 1.00. The van der Waals surface area contributed by atoms with E-state index in [2.05, 4.69) is 13.8 Å². The van der Waals surface area contributed by atoms with E-state index >= 15 is 0 Å². The van der Waals surface area contributed by atoms with E-state index in [0.717, 1.165) is 12.8 Å². The van der Waals surface area contributed by atoms with Gasteiger partial charge in [0.15, 0.2) is 6.29 Å². The van der Waals surface area contributed by atoms with Crippen molar-refractivity contribution in [2.24, 2.45) is 23.2 Å². The minimum atomic E-state index is -1.52. The molecule has 11 atom stereocenters. The van der Waals surface area contributed by atoms with E-state index < -0.39 is 66.5 Å². The Morgan fingerprint density at radius 1 is 1.00 bits per heavy atom. The molecule has 1 aliphatic heterocycles. The van der Waals surface area contributed by atoms with E-state index in [9.17, 15) is 30.6 Å². The van der Waals surface area contributed by atoms with Crippen LogP contribution in [0.5, 0.6) is 0 Å². The summed E-state index contributed by atoms with van der Waals surface area (Å²) in [6.07, 6.45) is -5.37. The molecule has 0 unspecified atom stereocenters. The van der Waals surface area contributed by atoms with E-state index in [-0.39, 0.29) is 11.8 Å². The topological polar surface area (TPSA) is 140 Å². The van der Waals surface area contributed by atoms with Crippen LogP contribution in [0, 0.1) is 23.2 Å². The second kappa shape index (κ2) is 8.31. The largest absolute Gasteiger partial charge is 0.394 e. The standard InChI is InChI=1S/C21H38O8/c1-10(2)11-5-7-20(3)13(23)6-8-21(4,27)18(20)17(11)29-19-16(26)15(25)14(24)12(9-22)28-19/h10-19,22-27H,5-9H2,1-4H3/t11-,12-,13-,14-,15+,16-,17+,18+,19+,20-,21-/m1/s1. The van der Waals surface area contributed by atoms with Crippen molar-refractivity contribution in [2.75, 3.05) is 6.61 Å². The molecule has 170 valence electrons. The first-order valence-electron chi connectivity index (χ1n) is 10.8. The molecule has 1 saturated heterocycles. The van der Waals surface area contributed by atoms with E-state index in [1.54, 1.807) is 6.92 Å². The van der Waals surface area contributed by atoms with Gasteiger partial charge in [0, 0.05) is 11.3 Å². The zero-order valence-electron chi connectivity index (χ0n) is 17.8. The number of rotatable bonds is 4. The SMILES string of the molecule is CC(C)[C@H]1CC[C@]2(C)[C@H](O)CC[C@@](C)(O)[C@H]2[C@H]1O[C@@H]1O[C@H](CO)[C@@H](O)[C@H](O)[C@H]1O. The Hall–Kier alpha value is -0.320. The summed E-state index contributed by atoms with van der Waals surface area (Å²) in [5.41, 5.74) is -1.62. The van der Waals surface area contributed by atoms with Crippen molar-refractivity contribution in [3.63, 3.8) is 0 Å². The smallest absolute Gasteiger partial charge is 0.186 e. The normalized spacial score (nSPS) is 53.7. The molecule has 3 rings (SSSR count). The summed E-state index contributed by atoms with van der Waals surface area (Å²) in [6.45, 7) is 7.38. The zero-order chi connectivity index (χ0) is 21.7. The van der Waals surface area contributed by atoms with Gasteiger partial charge in [0.2, 0.25) is 0 Å². The molecule has 6 N–H and O–H groups in total. The molecule has 2 aliphatic carbocycles. The van der Waals surface area contributed by atoms with Crippen molar-refractivity contribution in [1.29, 1.82) is 0 Å². The number of aliphatic hydroxyl groups is 6. The second-order valence-electron chi connectivity index (χ2n) is 10.1. The number of ether oxygens (including phenoxy) is 2. The minimum Gasteiger partial charge on any atom is -0.394 e. The highest BCUT2D eigenvalue weighted by Gasteiger charge is 2.61. The Bertz CT molecular complexity index is 567. The molecule has 8 heteroatoms. The van der Waals surface area contributed by atoms with Gasteiger partial charge in [-0.2, -0.15) is 0 Å². The molecule has 0 aromatic rings. The van der Waals surface area contributed by atoms with E-state index in [4.69, 9.17) is 9.47 Å². The monoisotopic (exact) mass is 418 g/mol. The molecule has 8 nitrogen and oxygen atoms in total. The van der Waals surface area contributed by atoms with Gasteiger partial charge in [0.1, 0.15) is 24.4 Å². The van der Waals surface area contributed by atoms with Crippen LogP contribution in [0.25, 0.3) is 0 Å². The first-order chi connectivity index (χ1) is 13.4. The van der Waals surface area contributed by atoms with E-state index in [1.807, 2.05) is 6.92 Å². The number of hydrogen-bond acceptors (Lipinski definition) is 8. The predicted octanol–water partition coefficient (Wildman–Crippen LogP) is -0.234. The van der Waals surface area contributed by atoms with Crippen LogP contribution in [0.1, 0.15) is 53.4 Å². The van der Waals surface area contributed by atoms with Crippen LogP contribution in [-0.2, 0) is 9.47 Å². The second-order valence-corrected chi connectivity index (χ2v) is 10.1. The Balaban J connectivity index is 1.94. The van der Waals surface area contributed by atoms with Gasteiger partial charge in [-0.3, -0.25) is 0 Å². The van der Waals surface area contributed by atoms with Crippen LogP contribution >= 0.6 is 0 Å². The average molecular weight is 419 g/mol. The van der Waals surface area contributed by atoms with E-state index in [0.29, 0.717) is 12.8 Å². The lowest BCUT2D eigenvalue weighted by atomic mass is 9.50. The fourth-order valence-electron chi connectivity index (χ4n) is 6.00. The highest BCUT2D eigenvalue weighted by atomic mass is 16.7. The molecule has 0 radical (unpaired) electrons. The lowest BCUT2D eigenvalue weighted by molar-refractivity contribution is -0.338. The lowest BCUT2D eigenvalue weighted by Gasteiger charge is -2.60. The maximum absolute atomic E-state index is 11.3. The average Bonchev–Trinajstić information content (AvgIpc) is 2.65. The van der Waals surface area contributed by atoms with Gasteiger partial charge in [-0.25, -0.2) is 0 Å². The van der Waals surface area contributed by atoms with Crippen LogP contribution in [0.15, 0.2) is 0 Å². The zero-order valence-corrected chi connectivity index (χ0v) is 17.8. The van der Waals surface area contributed by atoms with Crippen LogP contribution in [0.4, 0.5) is 0 Å². The highest BCUT2D eigenvalue weighted by molar-refractivity contribution is 5.09. The molecular weight excluding hydrogens is 380 g/mol. The van der Waals surface area contributed by atoms with Gasteiger partial charge in [-0.1, -0.05) is 20.8 Å². The number of fused-ring (bicyclic) bond motifs is 1. The molecule has 3 aliphatic rings. The van der Waals surface area contributed by atoms with E-state index in [1.165, 1.54) is 0 Å².